The van der Waals surface area contributed by atoms with E-state index < -0.39 is 0 Å². The first-order valence-corrected chi connectivity index (χ1v) is 8.70. The highest BCUT2D eigenvalue weighted by atomic mass is 79.9. The number of aromatic nitrogens is 2. The second-order valence-corrected chi connectivity index (χ2v) is 6.44. The Morgan fingerprint density at radius 3 is 3.00 bits per heavy atom. The SMILES string of the molecule is CCCCn1ncc(N2CCCCC2CCN)c(Br)c1=O. The zero-order valence-electron chi connectivity index (χ0n) is 12.7. The normalized spacial score (nSPS) is 19.0. The zero-order chi connectivity index (χ0) is 15.2. The first-order valence-electron chi connectivity index (χ1n) is 7.91. The molecule has 5 nitrogen and oxygen atoms in total. The average Bonchev–Trinajstić information content (AvgIpc) is 2.50. The van der Waals surface area contributed by atoms with Crippen LogP contribution in [0.5, 0.6) is 0 Å². The largest absolute Gasteiger partial charge is 0.366 e. The number of nitrogens with two attached hydrogens (primary N) is 1. The lowest BCUT2D eigenvalue weighted by Crippen LogP contribution is -2.42. The molecule has 1 unspecified atom stereocenters. The number of nitrogens with zero attached hydrogens (tertiary/aromatic N) is 3. The highest BCUT2D eigenvalue weighted by Crippen LogP contribution is 2.29. The Kier molecular flexibility index (Phi) is 6.23. The molecule has 1 aliphatic heterocycles. The fourth-order valence-corrected chi connectivity index (χ4v) is 3.47. The molecule has 1 aliphatic rings. The van der Waals surface area contributed by atoms with Gasteiger partial charge in [0.25, 0.3) is 5.56 Å². The van der Waals surface area contributed by atoms with Crippen LogP contribution in [0.1, 0.15) is 45.4 Å². The Balaban J connectivity index is 2.26. The third kappa shape index (κ3) is 3.86. The Morgan fingerprint density at radius 2 is 2.29 bits per heavy atom. The van der Waals surface area contributed by atoms with Gasteiger partial charge in [0, 0.05) is 19.1 Å². The molecule has 1 atom stereocenters. The van der Waals surface area contributed by atoms with Crippen molar-refractivity contribution in [3.8, 4) is 0 Å². The summed E-state index contributed by atoms with van der Waals surface area (Å²) in [4.78, 5) is 14.7. The van der Waals surface area contributed by atoms with Crippen LogP contribution >= 0.6 is 15.9 Å². The van der Waals surface area contributed by atoms with Gasteiger partial charge in [0.2, 0.25) is 0 Å². The number of hydrogen-bond donors (Lipinski definition) is 1. The van der Waals surface area contributed by atoms with Crippen molar-refractivity contribution in [2.24, 2.45) is 5.73 Å². The molecule has 2 N–H and O–H groups in total. The minimum atomic E-state index is -0.0296. The Labute approximate surface area is 134 Å². The van der Waals surface area contributed by atoms with Crippen LogP contribution in [0.3, 0.4) is 0 Å². The summed E-state index contributed by atoms with van der Waals surface area (Å²) in [6.45, 7) is 4.45. The number of anilines is 1. The maximum Gasteiger partial charge on any atom is 0.283 e. The molecular formula is C15H25BrN4O. The van der Waals surface area contributed by atoms with Gasteiger partial charge in [-0.2, -0.15) is 5.10 Å². The number of rotatable bonds is 6. The van der Waals surface area contributed by atoms with Crippen molar-refractivity contribution in [1.29, 1.82) is 0 Å². The monoisotopic (exact) mass is 356 g/mol. The predicted molar refractivity (Wildman–Crippen MR) is 89.8 cm³/mol. The van der Waals surface area contributed by atoms with Crippen molar-refractivity contribution in [3.05, 3.63) is 21.0 Å². The van der Waals surface area contributed by atoms with E-state index in [0.29, 0.717) is 23.6 Å². The summed E-state index contributed by atoms with van der Waals surface area (Å²) in [5.41, 5.74) is 6.62. The first-order chi connectivity index (χ1) is 10.2. The molecule has 6 heteroatoms. The quantitative estimate of drug-likeness (QED) is 0.850. The highest BCUT2D eigenvalue weighted by Gasteiger charge is 2.25. The lowest BCUT2D eigenvalue weighted by molar-refractivity contribution is 0.439. The third-order valence-electron chi connectivity index (χ3n) is 4.13. The van der Waals surface area contributed by atoms with Gasteiger partial charge in [-0.05, 0) is 54.6 Å². The fourth-order valence-electron chi connectivity index (χ4n) is 2.93. The summed E-state index contributed by atoms with van der Waals surface area (Å²) >= 11 is 3.49. The third-order valence-corrected chi connectivity index (χ3v) is 4.87. The maximum absolute atomic E-state index is 12.4. The number of unbranched alkanes of at least 4 members (excludes halogenated alkanes) is 1. The lowest BCUT2D eigenvalue weighted by atomic mass is 9.99. The van der Waals surface area contributed by atoms with Gasteiger partial charge in [0.1, 0.15) is 4.47 Å². The Hall–Kier alpha value is -0.880. The van der Waals surface area contributed by atoms with Crippen molar-refractivity contribution in [2.75, 3.05) is 18.0 Å². The van der Waals surface area contributed by atoms with Crippen molar-refractivity contribution in [1.82, 2.24) is 9.78 Å². The summed E-state index contributed by atoms with van der Waals surface area (Å²) in [6, 6.07) is 0.424. The first kappa shape index (κ1) is 16.5. The molecule has 0 bridgehead atoms. The number of aryl methyl sites for hydroxylation is 1. The second kappa shape index (κ2) is 7.94. The molecule has 0 saturated carbocycles. The van der Waals surface area contributed by atoms with Crippen molar-refractivity contribution < 1.29 is 0 Å². The van der Waals surface area contributed by atoms with E-state index in [9.17, 15) is 4.79 Å². The molecule has 0 spiro atoms. The van der Waals surface area contributed by atoms with Crippen LogP contribution in [0, 0.1) is 0 Å². The van der Waals surface area contributed by atoms with Gasteiger partial charge >= 0.3 is 0 Å². The van der Waals surface area contributed by atoms with E-state index in [4.69, 9.17) is 5.73 Å². The zero-order valence-corrected chi connectivity index (χ0v) is 14.3. The van der Waals surface area contributed by atoms with Gasteiger partial charge in [-0.3, -0.25) is 4.79 Å². The van der Waals surface area contributed by atoms with Gasteiger partial charge in [-0.25, -0.2) is 4.68 Å². The van der Waals surface area contributed by atoms with E-state index in [0.717, 1.165) is 44.3 Å². The lowest BCUT2D eigenvalue weighted by Gasteiger charge is -2.37. The highest BCUT2D eigenvalue weighted by molar-refractivity contribution is 9.10. The van der Waals surface area contributed by atoms with Crippen LogP contribution in [-0.2, 0) is 6.54 Å². The van der Waals surface area contributed by atoms with E-state index >= 15 is 0 Å². The minimum absolute atomic E-state index is 0.0296. The molecule has 0 aromatic carbocycles. The van der Waals surface area contributed by atoms with E-state index in [1.807, 2.05) is 6.20 Å². The smallest absolute Gasteiger partial charge is 0.283 e. The molecule has 2 heterocycles. The van der Waals surface area contributed by atoms with Gasteiger partial charge in [-0.15, -0.1) is 0 Å². The average molecular weight is 357 g/mol. The van der Waals surface area contributed by atoms with E-state index in [2.05, 4.69) is 32.9 Å². The van der Waals surface area contributed by atoms with Crippen LogP contribution in [0.2, 0.25) is 0 Å². The maximum atomic E-state index is 12.4. The number of halogens is 1. The molecule has 1 saturated heterocycles. The molecule has 0 aliphatic carbocycles. The standard InChI is InChI=1S/C15H25BrN4O/c1-2-3-10-20-15(21)14(16)13(11-18-20)19-9-5-4-6-12(19)7-8-17/h11-12H,2-10,17H2,1H3. The molecule has 1 fully saturated rings. The molecule has 2 rings (SSSR count). The van der Waals surface area contributed by atoms with Crippen molar-refractivity contribution in [2.45, 2.75) is 58.0 Å². The molecule has 21 heavy (non-hydrogen) atoms. The summed E-state index contributed by atoms with van der Waals surface area (Å²) in [5.74, 6) is 0. The van der Waals surface area contributed by atoms with Crippen molar-refractivity contribution in [3.63, 3.8) is 0 Å². The molecule has 118 valence electrons. The summed E-state index contributed by atoms with van der Waals surface area (Å²) in [7, 11) is 0. The van der Waals surface area contributed by atoms with E-state index in [1.165, 1.54) is 6.42 Å². The van der Waals surface area contributed by atoms with Crippen LogP contribution in [0.25, 0.3) is 0 Å². The van der Waals surface area contributed by atoms with Crippen LogP contribution in [-0.4, -0.2) is 28.9 Å². The van der Waals surface area contributed by atoms with Gasteiger partial charge in [-0.1, -0.05) is 13.3 Å². The fraction of sp³-hybridized carbons (Fsp3) is 0.733. The van der Waals surface area contributed by atoms with Gasteiger partial charge in [0.05, 0.1) is 11.9 Å². The predicted octanol–water partition coefficient (Wildman–Crippen LogP) is 2.51. The second-order valence-electron chi connectivity index (χ2n) is 5.65. The number of hydrogen-bond acceptors (Lipinski definition) is 4. The molecule has 1 aromatic heterocycles. The summed E-state index contributed by atoms with van der Waals surface area (Å²) in [5, 5.41) is 4.35. The Bertz CT molecular complexity index is 515. The number of piperidine rings is 1. The van der Waals surface area contributed by atoms with Gasteiger partial charge in [0.15, 0.2) is 0 Å². The molecule has 0 amide bonds. The molecular weight excluding hydrogens is 332 g/mol. The minimum Gasteiger partial charge on any atom is -0.366 e. The van der Waals surface area contributed by atoms with Crippen LogP contribution < -0.4 is 16.2 Å². The van der Waals surface area contributed by atoms with E-state index in [1.54, 1.807) is 4.68 Å². The molecule has 1 aromatic rings. The summed E-state index contributed by atoms with van der Waals surface area (Å²) < 4.78 is 2.19. The van der Waals surface area contributed by atoms with Crippen LogP contribution in [0.4, 0.5) is 5.69 Å². The molecule has 0 radical (unpaired) electrons. The van der Waals surface area contributed by atoms with Gasteiger partial charge < -0.3 is 10.6 Å². The summed E-state index contributed by atoms with van der Waals surface area (Å²) in [6.07, 6.45) is 8.35. The topological polar surface area (TPSA) is 64.2 Å². The van der Waals surface area contributed by atoms with Crippen LogP contribution in [0.15, 0.2) is 15.5 Å². The van der Waals surface area contributed by atoms with E-state index in [-0.39, 0.29) is 5.56 Å². The Morgan fingerprint density at radius 1 is 1.48 bits per heavy atom. The van der Waals surface area contributed by atoms with Crippen molar-refractivity contribution >= 4 is 21.6 Å².